The van der Waals surface area contributed by atoms with Gasteiger partial charge >= 0.3 is 0 Å². The van der Waals surface area contributed by atoms with E-state index in [0.717, 1.165) is 0 Å². The fourth-order valence-corrected chi connectivity index (χ4v) is 1.68. The Morgan fingerprint density at radius 1 is 1.22 bits per heavy atom. The summed E-state index contributed by atoms with van der Waals surface area (Å²) in [5, 5.41) is 3.48. The van der Waals surface area contributed by atoms with Gasteiger partial charge in [0.05, 0.1) is 15.7 Å². The molecule has 1 aromatic heterocycles. The van der Waals surface area contributed by atoms with Crippen LogP contribution in [0.25, 0.3) is 0 Å². The second-order valence-electron chi connectivity index (χ2n) is 3.56. The fourth-order valence-electron chi connectivity index (χ4n) is 1.33. The third kappa shape index (κ3) is 2.91. The van der Waals surface area contributed by atoms with Crippen LogP contribution in [-0.2, 0) is 0 Å². The highest BCUT2D eigenvalue weighted by Crippen LogP contribution is 2.24. The first-order valence-corrected chi connectivity index (χ1v) is 5.80. The van der Waals surface area contributed by atoms with Gasteiger partial charge < -0.3 is 11.1 Å². The van der Waals surface area contributed by atoms with Crippen molar-refractivity contribution < 1.29 is 4.79 Å². The van der Waals surface area contributed by atoms with E-state index in [2.05, 4.69) is 10.3 Å². The number of benzene rings is 1. The first kappa shape index (κ1) is 12.7. The molecule has 0 radical (unpaired) electrons. The Labute approximate surface area is 114 Å². The molecule has 0 aliphatic heterocycles. The average molecular weight is 282 g/mol. The van der Waals surface area contributed by atoms with E-state index < -0.39 is 0 Å². The largest absolute Gasteiger partial charge is 0.399 e. The summed E-state index contributed by atoms with van der Waals surface area (Å²) in [5.41, 5.74) is 6.83. The molecule has 3 N–H and O–H groups in total. The maximum atomic E-state index is 11.9. The van der Waals surface area contributed by atoms with Gasteiger partial charge in [-0.05, 0) is 30.3 Å². The molecule has 2 rings (SSSR count). The van der Waals surface area contributed by atoms with Crippen molar-refractivity contribution >= 4 is 40.5 Å². The molecule has 92 valence electrons. The number of pyridine rings is 1. The number of hydrogen-bond donors (Lipinski definition) is 2. The van der Waals surface area contributed by atoms with Gasteiger partial charge in [0.15, 0.2) is 0 Å². The Morgan fingerprint density at radius 3 is 2.61 bits per heavy atom. The van der Waals surface area contributed by atoms with Gasteiger partial charge in [-0.2, -0.15) is 0 Å². The molecule has 1 amide bonds. The summed E-state index contributed by atoms with van der Waals surface area (Å²) in [6.45, 7) is 0. The molecule has 0 aliphatic rings. The highest BCUT2D eigenvalue weighted by Gasteiger charge is 2.09. The number of anilines is 2. The summed E-state index contributed by atoms with van der Waals surface area (Å²) in [6.07, 6.45) is 1.40. The summed E-state index contributed by atoms with van der Waals surface area (Å²) in [5.74, 6) is -0.363. The zero-order valence-electron chi connectivity index (χ0n) is 9.15. The normalized spacial score (nSPS) is 10.1. The zero-order chi connectivity index (χ0) is 13.1. The van der Waals surface area contributed by atoms with E-state index in [1.165, 1.54) is 12.3 Å². The van der Waals surface area contributed by atoms with E-state index >= 15 is 0 Å². The molecule has 0 saturated carbocycles. The minimum atomic E-state index is -0.363. The van der Waals surface area contributed by atoms with E-state index in [1.54, 1.807) is 24.3 Å². The van der Waals surface area contributed by atoms with Crippen molar-refractivity contribution in [1.29, 1.82) is 0 Å². The van der Waals surface area contributed by atoms with Crippen LogP contribution in [0, 0.1) is 0 Å². The van der Waals surface area contributed by atoms with Gasteiger partial charge in [0, 0.05) is 11.9 Å². The smallest absolute Gasteiger partial charge is 0.274 e. The first-order valence-electron chi connectivity index (χ1n) is 5.04. The molecular formula is C12H9Cl2N3O. The van der Waals surface area contributed by atoms with Crippen LogP contribution >= 0.6 is 23.2 Å². The third-order valence-electron chi connectivity index (χ3n) is 2.20. The second kappa shape index (κ2) is 5.25. The number of nitrogens with one attached hydrogen (secondary N) is 1. The van der Waals surface area contributed by atoms with Crippen molar-refractivity contribution in [3.8, 4) is 0 Å². The lowest BCUT2D eigenvalue weighted by Crippen LogP contribution is -2.13. The zero-order valence-corrected chi connectivity index (χ0v) is 10.7. The van der Waals surface area contributed by atoms with Crippen molar-refractivity contribution in [1.82, 2.24) is 4.98 Å². The number of amides is 1. The highest BCUT2D eigenvalue weighted by atomic mass is 35.5. The minimum Gasteiger partial charge on any atom is -0.399 e. The molecule has 0 unspecified atom stereocenters. The van der Waals surface area contributed by atoms with E-state index in [9.17, 15) is 4.79 Å². The summed E-state index contributed by atoms with van der Waals surface area (Å²) in [7, 11) is 0. The second-order valence-corrected chi connectivity index (χ2v) is 4.40. The standard InChI is InChI=1S/C12H9Cl2N3O/c13-7-1-3-11(16-6-7)12(18)17-10-4-2-8(15)5-9(10)14/h1-6H,15H2,(H,17,18). The number of nitrogens with two attached hydrogens (primary N) is 1. The van der Waals surface area contributed by atoms with Gasteiger partial charge in [0.2, 0.25) is 0 Å². The molecule has 1 aromatic carbocycles. The van der Waals surface area contributed by atoms with Gasteiger partial charge in [-0.25, -0.2) is 4.98 Å². The Hall–Kier alpha value is -1.78. The molecule has 6 heteroatoms. The van der Waals surface area contributed by atoms with E-state index in [0.29, 0.717) is 21.4 Å². The molecule has 18 heavy (non-hydrogen) atoms. The fraction of sp³-hybridized carbons (Fsp3) is 0. The van der Waals surface area contributed by atoms with Gasteiger partial charge in [0.25, 0.3) is 5.91 Å². The van der Waals surface area contributed by atoms with Crippen LogP contribution in [0.1, 0.15) is 10.5 Å². The number of carbonyl (C=O) groups is 1. The summed E-state index contributed by atoms with van der Waals surface area (Å²) < 4.78 is 0. The summed E-state index contributed by atoms with van der Waals surface area (Å²) in [6, 6.07) is 7.96. The van der Waals surface area contributed by atoms with Crippen LogP contribution in [0.15, 0.2) is 36.5 Å². The maximum Gasteiger partial charge on any atom is 0.274 e. The Morgan fingerprint density at radius 2 is 2.00 bits per heavy atom. The minimum absolute atomic E-state index is 0.257. The number of nitrogens with zero attached hydrogens (tertiary/aromatic N) is 1. The molecule has 0 bridgehead atoms. The monoisotopic (exact) mass is 281 g/mol. The summed E-state index contributed by atoms with van der Waals surface area (Å²) in [4.78, 5) is 15.8. The predicted octanol–water partition coefficient (Wildman–Crippen LogP) is 3.22. The Bertz CT molecular complexity index is 584. The van der Waals surface area contributed by atoms with Gasteiger partial charge in [0.1, 0.15) is 5.69 Å². The number of nitrogen functional groups attached to an aromatic ring is 1. The summed E-state index contributed by atoms with van der Waals surface area (Å²) >= 11 is 11.6. The van der Waals surface area contributed by atoms with Crippen LogP contribution < -0.4 is 11.1 Å². The van der Waals surface area contributed by atoms with Crippen LogP contribution in [-0.4, -0.2) is 10.9 Å². The Balaban J connectivity index is 2.18. The Kier molecular flexibility index (Phi) is 3.69. The van der Waals surface area contributed by atoms with Crippen LogP contribution in [0.2, 0.25) is 10.0 Å². The molecule has 4 nitrogen and oxygen atoms in total. The SMILES string of the molecule is Nc1ccc(NC(=O)c2ccc(Cl)cn2)c(Cl)c1. The lowest BCUT2D eigenvalue weighted by Gasteiger charge is -2.07. The number of aromatic nitrogens is 1. The quantitative estimate of drug-likeness (QED) is 0.831. The highest BCUT2D eigenvalue weighted by molar-refractivity contribution is 6.34. The van der Waals surface area contributed by atoms with E-state index in [4.69, 9.17) is 28.9 Å². The average Bonchev–Trinajstić information content (AvgIpc) is 2.33. The van der Waals surface area contributed by atoms with Gasteiger partial charge in [-0.15, -0.1) is 0 Å². The molecular weight excluding hydrogens is 273 g/mol. The number of halogens is 2. The van der Waals surface area contributed by atoms with Crippen LogP contribution in [0.5, 0.6) is 0 Å². The van der Waals surface area contributed by atoms with Gasteiger partial charge in [-0.1, -0.05) is 23.2 Å². The van der Waals surface area contributed by atoms with E-state index in [-0.39, 0.29) is 11.6 Å². The molecule has 0 saturated heterocycles. The molecule has 1 heterocycles. The number of carbonyl (C=O) groups excluding carboxylic acids is 1. The first-order chi connectivity index (χ1) is 8.56. The van der Waals surface area contributed by atoms with Crippen molar-refractivity contribution in [2.75, 3.05) is 11.1 Å². The van der Waals surface area contributed by atoms with E-state index in [1.807, 2.05) is 0 Å². The lowest BCUT2D eigenvalue weighted by atomic mass is 10.2. The predicted molar refractivity (Wildman–Crippen MR) is 73.1 cm³/mol. The molecule has 0 aliphatic carbocycles. The maximum absolute atomic E-state index is 11.9. The molecule has 0 fully saturated rings. The number of hydrogen-bond acceptors (Lipinski definition) is 3. The van der Waals surface area contributed by atoms with Gasteiger partial charge in [-0.3, -0.25) is 4.79 Å². The molecule has 2 aromatic rings. The van der Waals surface area contributed by atoms with Crippen molar-refractivity contribution in [3.63, 3.8) is 0 Å². The molecule has 0 spiro atoms. The molecule has 0 atom stereocenters. The topological polar surface area (TPSA) is 68.0 Å². The van der Waals surface area contributed by atoms with Crippen molar-refractivity contribution in [3.05, 3.63) is 52.3 Å². The van der Waals surface area contributed by atoms with Crippen molar-refractivity contribution in [2.24, 2.45) is 0 Å². The van der Waals surface area contributed by atoms with Crippen LogP contribution in [0.4, 0.5) is 11.4 Å². The lowest BCUT2D eigenvalue weighted by molar-refractivity contribution is 0.102. The van der Waals surface area contributed by atoms with Crippen molar-refractivity contribution in [2.45, 2.75) is 0 Å². The number of rotatable bonds is 2. The van der Waals surface area contributed by atoms with Crippen LogP contribution in [0.3, 0.4) is 0 Å². The third-order valence-corrected chi connectivity index (χ3v) is 2.74.